The van der Waals surface area contributed by atoms with Gasteiger partial charge in [0, 0.05) is 20.2 Å². The van der Waals surface area contributed by atoms with E-state index in [9.17, 15) is 9.90 Å². The Labute approximate surface area is 165 Å². The second kappa shape index (κ2) is 7.86. The molecule has 0 atom stereocenters. The van der Waals surface area contributed by atoms with Gasteiger partial charge in [0.15, 0.2) is 0 Å². The number of aromatic hydroxyl groups is 1. The van der Waals surface area contributed by atoms with E-state index in [-0.39, 0.29) is 11.7 Å². The third kappa shape index (κ3) is 3.89. The molecule has 1 N–H and O–H groups in total. The van der Waals surface area contributed by atoms with Crippen molar-refractivity contribution in [3.05, 3.63) is 42.8 Å². The quantitative estimate of drug-likeness (QED) is 0.382. The molecule has 0 bridgehead atoms. The lowest BCUT2D eigenvalue weighted by atomic mass is 9.95. The number of hydrogen-bond acceptors (Lipinski definition) is 5. The van der Waals surface area contributed by atoms with Gasteiger partial charge >= 0.3 is 5.97 Å². The maximum absolute atomic E-state index is 12.4. The summed E-state index contributed by atoms with van der Waals surface area (Å²) in [6.45, 7) is 4.03. The Bertz CT molecular complexity index is 842. The Hall–Kier alpha value is -1.41. The number of esters is 1. The van der Waals surface area contributed by atoms with E-state index in [0.717, 1.165) is 40.4 Å². The highest BCUT2D eigenvalue weighted by molar-refractivity contribution is 14.1. The summed E-state index contributed by atoms with van der Waals surface area (Å²) < 4.78 is 6.28. The standard InChI is InChI=1S/C19H20INO3S/c1-3-24-19(23)16-14-6-4-5-7-15(14)25-18(16)21-10-12-9-13(20)8-11(2)17(12)22/h8-10,22H,3-7H2,1-2H3. The second-order valence-corrected chi connectivity index (χ2v) is 8.36. The smallest absolute Gasteiger partial charge is 0.341 e. The van der Waals surface area contributed by atoms with E-state index in [2.05, 4.69) is 27.6 Å². The zero-order chi connectivity index (χ0) is 18.0. The van der Waals surface area contributed by atoms with Crippen molar-refractivity contribution in [2.45, 2.75) is 39.5 Å². The van der Waals surface area contributed by atoms with Crippen molar-refractivity contribution in [1.29, 1.82) is 0 Å². The molecule has 0 spiro atoms. The fourth-order valence-electron chi connectivity index (χ4n) is 3.04. The van der Waals surface area contributed by atoms with Crippen molar-refractivity contribution in [1.82, 2.24) is 0 Å². The average molecular weight is 469 g/mol. The first-order chi connectivity index (χ1) is 12.0. The Morgan fingerprint density at radius 2 is 2.16 bits per heavy atom. The first-order valence-electron chi connectivity index (χ1n) is 8.36. The maximum atomic E-state index is 12.4. The van der Waals surface area contributed by atoms with E-state index < -0.39 is 0 Å². The van der Waals surface area contributed by atoms with Crippen LogP contribution in [0.5, 0.6) is 5.75 Å². The first kappa shape index (κ1) is 18.4. The largest absolute Gasteiger partial charge is 0.507 e. The maximum Gasteiger partial charge on any atom is 0.341 e. The zero-order valence-corrected chi connectivity index (χ0v) is 17.2. The van der Waals surface area contributed by atoms with Crippen LogP contribution in [0.15, 0.2) is 17.1 Å². The highest BCUT2D eigenvalue weighted by Crippen LogP contribution is 2.40. The molecule has 1 aromatic carbocycles. The van der Waals surface area contributed by atoms with Gasteiger partial charge < -0.3 is 9.84 Å². The lowest BCUT2D eigenvalue weighted by Gasteiger charge is -2.11. The summed E-state index contributed by atoms with van der Waals surface area (Å²) in [4.78, 5) is 18.2. The van der Waals surface area contributed by atoms with Crippen molar-refractivity contribution in [2.24, 2.45) is 4.99 Å². The molecular weight excluding hydrogens is 449 g/mol. The van der Waals surface area contributed by atoms with Gasteiger partial charge in [-0.1, -0.05) is 0 Å². The summed E-state index contributed by atoms with van der Waals surface area (Å²) in [5.41, 5.74) is 3.18. The third-order valence-electron chi connectivity index (χ3n) is 4.25. The number of aryl methyl sites for hydroxylation is 2. The monoisotopic (exact) mass is 469 g/mol. The number of phenolic OH excluding ortho intramolecular Hbond substituents is 1. The van der Waals surface area contributed by atoms with E-state index >= 15 is 0 Å². The topological polar surface area (TPSA) is 58.9 Å². The molecule has 1 aliphatic carbocycles. The average Bonchev–Trinajstić information content (AvgIpc) is 2.95. The second-order valence-electron chi connectivity index (χ2n) is 6.03. The van der Waals surface area contributed by atoms with Gasteiger partial charge in [-0.3, -0.25) is 0 Å². The molecule has 0 radical (unpaired) electrons. The summed E-state index contributed by atoms with van der Waals surface area (Å²) in [6, 6.07) is 3.80. The highest BCUT2D eigenvalue weighted by Gasteiger charge is 2.26. The van der Waals surface area contributed by atoms with E-state index in [1.807, 2.05) is 26.0 Å². The fraction of sp³-hybridized carbons (Fsp3) is 0.368. The van der Waals surface area contributed by atoms with Crippen molar-refractivity contribution in [2.75, 3.05) is 6.61 Å². The van der Waals surface area contributed by atoms with Crippen molar-refractivity contribution in [3.63, 3.8) is 0 Å². The number of fused-ring (bicyclic) bond motifs is 1. The van der Waals surface area contributed by atoms with Crippen LogP contribution in [0.4, 0.5) is 5.00 Å². The van der Waals surface area contributed by atoms with Crippen molar-refractivity contribution >= 4 is 51.1 Å². The number of hydrogen-bond donors (Lipinski definition) is 1. The molecule has 2 aromatic rings. The van der Waals surface area contributed by atoms with E-state index in [1.54, 1.807) is 17.6 Å². The highest BCUT2D eigenvalue weighted by atomic mass is 127. The Morgan fingerprint density at radius 1 is 1.40 bits per heavy atom. The minimum absolute atomic E-state index is 0.225. The third-order valence-corrected chi connectivity index (χ3v) is 6.07. The van der Waals surface area contributed by atoms with Crippen LogP contribution in [0, 0.1) is 10.5 Å². The number of benzene rings is 1. The molecule has 1 aromatic heterocycles. The number of aliphatic imine (C=N–C) groups is 1. The molecule has 3 rings (SSSR count). The Balaban J connectivity index is 2.02. The van der Waals surface area contributed by atoms with Gasteiger partial charge in [-0.25, -0.2) is 9.79 Å². The first-order valence-corrected chi connectivity index (χ1v) is 10.3. The predicted octanol–water partition coefficient (Wildman–Crippen LogP) is 5.17. The number of halogens is 1. The molecular formula is C19H20INO3S. The number of carbonyl (C=O) groups excluding carboxylic acids is 1. The SMILES string of the molecule is CCOC(=O)c1c(N=Cc2cc(I)cc(C)c2O)sc2c1CCCC2. The predicted molar refractivity (Wildman–Crippen MR) is 110 cm³/mol. The molecule has 1 heterocycles. The summed E-state index contributed by atoms with van der Waals surface area (Å²) in [7, 11) is 0. The molecule has 0 unspecified atom stereocenters. The summed E-state index contributed by atoms with van der Waals surface area (Å²) in [5, 5.41) is 10.9. The lowest BCUT2D eigenvalue weighted by molar-refractivity contribution is 0.0526. The minimum Gasteiger partial charge on any atom is -0.507 e. The van der Waals surface area contributed by atoms with E-state index in [4.69, 9.17) is 4.74 Å². The molecule has 0 saturated carbocycles. The normalized spacial score (nSPS) is 13.9. The molecule has 6 heteroatoms. The number of thiophene rings is 1. The van der Waals surface area contributed by atoms with Crippen molar-refractivity contribution < 1.29 is 14.6 Å². The van der Waals surface area contributed by atoms with Gasteiger partial charge in [0.25, 0.3) is 0 Å². The number of nitrogens with zero attached hydrogens (tertiary/aromatic N) is 1. The minimum atomic E-state index is -0.294. The van der Waals surface area contributed by atoms with Gasteiger partial charge in [0.1, 0.15) is 10.8 Å². The van der Waals surface area contributed by atoms with Crippen LogP contribution in [0.1, 0.15) is 51.7 Å². The molecule has 0 aliphatic heterocycles. The van der Waals surface area contributed by atoms with Crippen LogP contribution in [-0.4, -0.2) is 23.9 Å². The van der Waals surface area contributed by atoms with Crippen LogP contribution < -0.4 is 0 Å². The Morgan fingerprint density at radius 3 is 2.92 bits per heavy atom. The molecule has 0 fully saturated rings. The van der Waals surface area contributed by atoms with Crippen molar-refractivity contribution in [3.8, 4) is 5.75 Å². The van der Waals surface area contributed by atoms with Gasteiger partial charge in [-0.2, -0.15) is 0 Å². The van der Waals surface area contributed by atoms with Gasteiger partial charge in [0.05, 0.1) is 12.2 Å². The number of phenols is 1. The van der Waals surface area contributed by atoms with E-state index in [0.29, 0.717) is 22.7 Å². The molecule has 25 heavy (non-hydrogen) atoms. The van der Waals surface area contributed by atoms with Gasteiger partial charge in [-0.05, 0) is 85.4 Å². The summed E-state index contributed by atoms with van der Waals surface area (Å²) >= 11 is 3.78. The van der Waals surface area contributed by atoms with Gasteiger partial charge in [0.2, 0.25) is 0 Å². The molecule has 1 aliphatic rings. The molecule has 0 amide bonds. The number of rotatable bonds is 4. The van der Waals surface area contributed by atoms with E-state index in [1.165, 1.54) is 4.88 Å². The number of carbonyl (C=O) groups is 1. The van der Waals surface area contributed by atoms with Crippen LogP contribution in [0.2, 0.25) is 0 Å². The zero-order valence-electron chi connectivity index (χ0n) is 14.3. The lowest BCUT2D eigenvalue weighted by Crippen LogP contribution is -2.09. The fourth-order valence-corrected chi connectivity index (χ4v) is 5.07. The number of ether oxygens (including phenoxy) is 1. The van der Waals surface area contributed by atoms with Crippen LogP contribution in [-0.2, 0) is 17.6 Å². The van der Waals surface area contributed by atoms with Gasteiger partial charge in [-0.15, -0.1) is 11.3 Å². The van der Waals surface area contributed by atoms with Crippen LogP contribution in [0.25, 0.3) is 0 Å². The molecule has 4 nitrogen and oxygen atoms in total. The molecule has 0 saturated heterocycles. The van der Waals surface area contributed by atoms with Crippen LogP contribution in [0.3, 0.4) is 0 Å². The Kier molecular flexibility index (Phi) is 5.78. The van der Waals surface area contributed by atoms with Crippen LogP contribution >= 0.6 is 33.9 Å². The summed E-state index contributed by atoms with van der Waals surface area (Å²) in [5.74, 6) is -0.0692. The molecule has 132 valence electrons. The summed E-state index contributed by atoms with van der Waals surface area (Å²) in [6.07, 6.45) is 5.79.